The van der Waals surface area contributed by atoms with Crippen molar-refractivity contribution in [1.29, 1.82) is 0 Å². The lowest BCUT2D eigenvalue weighted by Crippen LogP contribution is -2.45. The lowest BCUT2D eigenvalue weighted by molar-refractivity contribution is -0.122. The fourth-order valence-electron chi connectivity index (χ4n) is 3.09. The number of carbonyl (C=O) groups is 1. The van der Waals surface area contributed by atoms with Crippen LogP contribution in [-0.2, 0) is 4.79 Å². The van der Waals surface area contributed by atoms with Crippen molar-refractivity contribution in [3.8, 4) is 0 Å². The molecule has 2 N–H and O–H groups in total. The number of hydrogen-bond acceptors (Lipinski definition) is 2. The third-order valence-corrected chi connectivity index (χ3v) is 3.89. The Balaban J connectivity index is 2.27. The molecule has 0 aromatic rings. The third-order valence-electron chi connectivity index (χ3n) is 3.89. The molecule has 1 aliphatic rings. The monoisotopic (exact) mass is 268 g/mol. The highest BCUT2D eigenvalue weighted by atomic mass is 16.1. The molecule has 1 fully saturated rings. The molecule has 0 aromatic carbocycles. The predicted octanol–water partition coefficient (Wildman–Crippen LogP) is 2.95. The number of rotatable bonds is 5. The van der Waals surface area contributed by atoms with Crippen LogP contribution in [-0.4, -0.2) is 25.5 Å². The van der Waals surface area contributed by atoms with E-state index in [-0.39, 0.29) is 11.3 Å². The van der Waals surface area contributed by atoms with Gasteiger partial charge in [0.1, 0.15) is 0 Å². The molecule has 1 amide bonds. The molecule has 1 saturated heterocycles. The Bertz CT molecular complexity index is 288. The molecule has 3 nitrogen and oxygen atoms in total. The lowest BCUT2D eigenvalue weighted by Gasteiger charge is -2.34. The minimum Gasteiger partial charge on any atom is -0.356 e. The average Bonchev–Trinajstić information content (AvgIpc) is 2.25. The Morgan fingerprint density at radius 3 is 2.63 bits per heavy atom. The van der Waals surface area contributed by atoms with Gasteiger partial charge in [-0.15, -0.1) is 0 Å². The first-order valence-electron chi connectivity index (χ1n) is 7.68. The van der Waals surface area contributed by atoms with Crippen molar-refractivity contribution in [3.05, 3.63) is 0 Å². The Morgan fingerprint density at radius 2 is 2.11 bits per heavy atom. The summed E-state index contributed by atoms with van der Waals surface area (Å²) in [5.74, 6) is 0.667. The van der Waals surface area contributed by atoms with Crippen molar-refractivity contribution in [2.45, 2.75) is 60.3 Å². The molecule has 1 rings (SSSR count). The molecule has 2 atom stereocenters. The highest BCUT2D eigenvalue weighted by Crippen LogP contribution is 2.26. The molecule has 112 valence electrons. The van der Waals surface area contributed by atoms with Crippen LogP contribution in [0, 0.1) is 16.7 Å². The second-order valence-electron chi connectivity index (χ2n) is 7.94. The van der Waals surface area contributed by atoms with Gasteiger partial charge in [-0.1, -0.05) is 34.6 Å². The lowest BCUT2D eigenvalue weighted by atomic mass is 9.82. The van der Waals surface area contributed by atoms with Gasteiger partial charge in [0.05, 0.1) is 0 Å². The van der Waals surface area contributed by atoms with E-state index in [0.29, 0.717) is 17.8 Å². The smallest absolute Gasteiger partial charge is 0.220 e. The van der Waals surface area contributed by atoms with E-state index in [9.17, 15) is 4.79 Å². The molecule has 3 heteroatoms. The first-order valence-corrected chi connectivity index (χ1v) is 7.68. The number of amides is 1. The van der Waals surface area contributed by atoms with Crippen molar-refractivity contribution < 1.29 is 4.79 Å². The average molecular weight is 268 g/mol. The molecular weight excluding hydrogens is 236 g/mol. The van der Waals surface area contributed by atoms with Gasteiger partial charge in [0.15, 0.2) is 0 Å². The van der Waals surface area contributed by atoms with E-state index in [1.807, 2.05) is 0 Å². The van der Waals surface area contributed by atoms with Crippen LogP contribution < -0.4 is 10.6 Å². The standard InChI is InChI=1S/C16H32N2O/c1-13(10-15(2,3)4)9-14(19)18-12-16(5)7-6-8-17-11-16/h13,17H,6-12H2,1-5H3,(H,18,19). The van der Waals surface area contributed by atoms with Crippen molar-refractivity contribution in [2.24, 2.45) is 16.7 Å². The minimum atomic E-state index is 0.212. The van der Waals surface area contributed by atoms with Crippen LogP contribution in [0.15, 0.2) is 0 Å². The van der Waals surface area contributed by atoms with Gasteiger partial charge in [0.2, 0.25) is 5.91 Å². The summed E-state index contributed by atoms with van der Waals surface area (Å²) in [5.41, 5.74) is 0.542. The first-order chi connectivity index (χ1) is 8.70. The van der Waals surface area contributed by atoms with Crippen molar-refractivity contribution in [2.75, 3.05) is 19.6 Å². The first kappa shape index (κ1) is 16.5. The Morgan fingerprint density at radius 1 is 1.42 bits per heavy atom. The van der Waals surface area contributed by atoms with Crippen LogP contribution in [0.4, 0.5) is 0 Å². The molecule has 1 heterocycles. The summed E-state index contributed by atoms with van der Waals surface area (Å²) in [6, 6.07) is 0. The van der Waals surface area contributed by atoms with Crippen LogP contribution in [0.5, 0.6) is 0 Å². The fraction of sp³-hybridized carbons (Fsp3) is 0.938. The predicted molar refractivity (Wildman–Crippen MR) is 81.1 cm³/mol. The number of hydrogen-bond donors (Lipinski definition) is 2. The molecule has 1 aliphatic heterocycles. The second kappa shape index (κ2) is 6.74. The molecular formula is C16H32N2O. The zero-order valence-electron chi connectivity index (χ0n) is 13.4. The Hall–Kier alpha value is -0.570. The van der Waals surface area contributed by atoms with Gasteiger partial charge in [0, 0.05) is 19.5 Å². The fourth-order valence-corrected chi connectivity index (χ4v) is 3.09. The second-order valence-corrected chi connectivity index (χ2v) is 7.94. The van der Waals surface area contributed by atoms with E-state index in [1.54, 1.807) is 0 Å². The van der Waals surface area contributed by atoms with Crippen LogP contribution in [0.2, 0.25) is 0 Å². The topological polar surface area (TPSA) is 41.1 Å². The van der Waals surface area contributed by atoms with E-state index >= 15 is 0 Å². The molecule has 0 radical (unpaired) electrons. The summed E-state index contributed by atoms with van der Waals surface area (Å²) in [6.07, 6.45) is 4.17. The highest BCUT2D eigenvalue weighted by Gasteiger charge is 2.27. The molecule has 0 saturated carbocycles. The van der Waals surface area contributed by atoms with Gasteiger partial charge >= 0.3 is 0 Å². The van der Waals surface area contributed by atoms with E-state index in [1.165, 1.54) is 12.8 Å². The van der Waals surface area contributed by atoms with Gasteiger partial charge in [0.25, 0.3) is 0 Å². The molecule has 2 unspecified atom stereocenters. The maximum absolute atomic E-state index is 12.0. The largest absolute Gasteiger partial charge is 0.356 e. The summed E-state index contributed by atoms with van der Waals surface area (Å²) < 4.78 is 0. The molecule has 0 aliphatic carbocycles. The maximum atomic E-state index is 12.0. The maximum Gasteiger partial charge on any atom is 0.220 e. The molecule has 0 aromatic heterocycles. The number of nitrogens with one attached hydrogen (secondary N) is 2. The Labute approximate surface area is 118 Å². The third kappa shape index (κ3) is 6.95. The zero-order valence-corrected chi connectivity index (χ0v) is 13.4. The summed E-state index contributed by atoms with van der Waals surface area (Å²) in [4.78, 5) is 12.0. The molecule has 19 heavy (non-hydrogen) atoms. The van der Waals surface area contributed by atoms with Crippen LogP contribution in [0.1, 0.15) is 60.3 Å². The van der Waals surface area contributed by atoms with E-state index < -0.39 is 0 Å². The van der Waals surface area contributed by atoms with Crippen molar-refractivity contribution in [3.63, 3.8) is 0 Å². The van der Waals surface area contributed by atoms with E-state index in [4.69, 9.17) is 0 Å². The van der Waals surface area contributed by atoms with Crippen LogP contribution in [0.3, 0.4) is 0 Å². The number of carbonyl (C=O) groups excluding carboxylic acids is 1. The molecule has 0 bridgehead atoms. The zero-order chi connectivity index (χ0) is 14.5. The highest BCUT2D eigenvalue weighted by molar-refractivity contribution is 5.76. The summed E-state index contributed by atoms with van der Waals surface area (Å²) in [7, 11) is 0. The normalized spacial score (nSPS) is 25.9. The Kier molecular flexibility index (Phi) is 5.84. The van der Waals surface area contributed by atoms with E-state index in [0.717, 1.165) is 26.1 Å². The van der Waals surface area contributed by atoms with Crippen LogP contribution >= 0.6 is 0 Å². The van der Waals surface area contributed by atoms with Gasteiger partial charge in [-0.2, -0.15) is 0 Å². The minimum absolute atomic E-state index is 0.212. The van der Waals surface area contributed by atoms with Crippen molar-refractivity contribution in [1.82, 2.24) is 10.6 Å². The molecule has 0 spiro atoms. The van der Waals surface area contributed by atoms with Gasteiger partial charge < -0.3 is 10.6 Å². The summed E-state index contributed by atoms with van der Waals surface area (Å²) in [5, 5.41) is 6.55. The number of piperidine rings is 1. The van der Waals surface area contributed by atoms with Gasteiger partial charge in [-0.25, -0.2) is 0 Å². The van der Waals surface area contributed by atoms with Gasteiger partial charge in [-0.3, -0.25) is 4.79 Å². The quantitative estimate of drug-likeness (QED) is 0.805. The van der Waals surface area contributed by atoms with Crippen LogP contribution in [0.25, 0.3) is 0 Å². The SMILES string of the molecule is CC(CC(=O)NCC1(C)CCCNC1)CC(C)(C)C. The van der Waals surface area contributed by atoms with Crippen molar-refractivity contribution >= 4 is 5.91 Å². The summed E-state index contributed by atoms with van der Waals surface area (Å²) in [6.45, 7) is 14.1. The summed E-state index contributed by atoms with van der Waals surface area (Å²) >= 11 is 0. The van der Waals surface area contributed by atoms with E-state index in [2.05, 4.69) is 45.3 Å². The van der Waals surface area contributed by atoms with Gasteiger partial charge in [-0.05, 0) is 42.6 Å².